The van der Waals surface area contributed by atoms with Crippen molar-refractivity contribution in [2.75, 3.05) is 20.1 Å². The number of aliphatic hydroxyl groups is 1. The summed E-state index contributed by atoms with van der Waals surface area (Å²) < 4.78 is 31.7. The van der Waals surface area contributed by atoms with E-state index in [9.17, 15) is 37.5 Å². The first-order chi connectivity index (χ1) is 15.4. The highest BCUT2D eigenvalue weighted by molar-refractivity contribution is 5.94. The third kappa shape index (κ3) is 9.51. The van der Waals surface area contributed by atoms with Crippen molar-refractivity contribution in [3.05, 3.63) is 0 Å². The molecule has 196 valence electrons. The van der Waals surface area contributed by atoms with E-state index in [1.54, 1.807) is 13.8 Å². The topological polar surface area (TPSA) is 191 Å². The summed E-state index contributed by atoms with van der Waals surface area (Å²) in [7, 11) is 1.38. The second-order valence-electron chi connectivity index (χ2n) is 8.08. The lowest BCUT2D eigenvalue weighted by Crippen LogP contribution is -2.58. The van der Waals surface area contributed by atoms with Gasteiger partial charge in [0.1, 0.15) is 24.7 Å². The molecule has 1 fully saturated rings. The molecule has 12 nitrogen and oxygen atoms in total. The van der Waals surface area contributed by atoms with Crippen molar-refractivity contribution in [3.8, 4) is 0 Å². The van der Waals surface area contributed by atoms with E-state index in [0.29, 0.717) is 19.4 Å². The molecule has 0 saturated carbocycles. The number of carboxylic acid groups (broad SMARTS) is 2. The van der Waals surface area contributed by atoms with Crippen LogP contribution in [-0.2, 0) is 24.0 Å². The van der Waals surface area contributed by atoms with Crippen molar-refractivity contribution in [1.29, 1.82) is 0 Å². The molecule has 0 spiro atoms. The van der Waals surface area contributed by atoms with Gasteiger partial charge in [-0.25, -0.2) is 4.79 Å². The number of carbonyl (C=O) groups excluding carboxylic acids is 3. The molecule has 3 amide bonds. The van der Waals surface area contributed by atoms with E-state index in [4.69, 9.17) is 20.7 Å². The molecule has 1 heterocycles. The number of carboxylic acids is 2. The average Bonchev–Trinajstić information content (AvgIpc) is 3.18. The lowest BCUT2D eigenvalue weighted by Gasteiger charge is -2.32. The number of likely N-dealkylation sites (tertiary alicyclic amines) is 1. The first kappa shape index (κ1) is 31.1. The standard InChI is InChI=1S/C17H30N4O6.C2HF3O2/c1-9(2)14(19-15(25)13(18)10(3)22)17(27)21-7-5-6-11(21)16(26)20(4)8-12(23)24;3-2(4,5)1(6)7/h9-11,13-14,22H,5-8,18H2,1-4H3,(H,19,25)(H,23,24);(H,6,7). The number of halogens is 3. The quantitative estimate of drug-likeness (QED) is 0.278. The normalized spacial score (nSPS) is 18.3. The van der Waals surface area contributed by atoms with Crippen LogP contribution in [0.3, 0.4) is 0 Å². The molecule has 1 rings (SSSR count). The predicted molar refractivity (Wildman–Crippen MR) is 110 cm³/mol. The smallest absolute Gasteiger partial charge is 0.480 e. The largest absolute Gasteiger partial charge is 0.490 e. The van der Waals surface area contributed by atoms with E-state index >= 15 is 0 Å². The van der Waals surface area contributed by atoms with Crippen molar-refractivity contribution in [3.63, 3.8) is 0 Å². The van der Waals surface area contributed by atoms with E-state index in [0.717, 1.165) is 4.90 Å². The van der Waals surface area contributed by atoms with Crippen LogP contribution >= 0.6 is 0 Å². The monoisotopic (exact) mass is 500 g/mol. The summed E-state index contributed by atoms with van der Waals surface area (Å²) in [5.41, 5.74) is 5.62. The number of hydrogen-bond acceptors (Lipinski definition) is 7. The van der Waals surface area contributed by atoms with Crippen LogP contribution in [0.2, 0.25) is 0 Å². The molecule has 15 heteroatoms. The Morgan fingerprint density at radius 3 is 2.03 bits per heavy atom. The Morgan fingerprint density at radius 2 is 1.65 bits per heavy atom. The number of alkyl halides is 3. The average molecular weight is 500 g/mol. The fraction of sp³-hybridized carbons (Fsp3) is 0.737. The summed E-state index contributed by atoms with van der Waals surface area (Å²) in [6.45, 7) is 4.77. The van der Waals surface area contributed by atoms with Crippen LogP contribution in [0.1, 0.15) is 33.6 Å². The Balaban J connectivity index is 0.00000135. The Labute approximate surface area is 193 Å². The maximum atomic E-state index is 13.0. The second kappa shape index (κ2) is 13.1. The zero-order chi connectivity index (χ0) is 27.0. The number of rotatable bonds is 8. The minimum Gasteiger partial charge on any atom is -0.480 e. The van der Waals surface area contributed by atoms with Gasteiger partial charge in [0.25, 0.3) is 0 Å². The van der Waals surface area contributed by atoms with E-state index < -0.39 is 66.6 Å². The van der Waals surface area contributed by atoms with Gasteiger partial charge in [-0.2, -0.15) is 13.2 Å². The van der Waals surface area contributed by atoms with Crippen molar-refractivity contribution in [2.24, 2.45) is 11.7 Å². The number of nitrogens with zero attached hydrogens (tertiary/aromatic N) is 2. The Morgan fingerprint density at radius 1 is 1.15 bits per heavy atom. The van der Waals surface area contributed by atoms with Crippen LogP contribution in [0.25, 0.3) is 0 Å². The Bertz CT molecular complexity index is 760. The van der Waals surface area contributed by atoms with Gasteiger partial charge >= 0.3 is 18.1 Å². The highest BCUT2D eigenvalue weighted by atomic mass is 19.4. The van der Waals surface area contributed by atoms with E-state index in [2.05, 4.69) is 5.32 Å². The first-order valence-electron chi connectivity index (χ1n) is 10.2. The predicted octanol–water partition coefficient (Wildman–Crippen LogP) is -0.997. The highest BCUT2D eigenvalue weighted by Gasteiger charge is 2.40. The molecule has 0 aliphatic carbocycles. The fourth-order valence-electron chi connectivity index (χ4n) is 2.98. The lowest BCUT2D eigenvalue weighted by atomic mass is 10.0. The summed E-state index contributed by atoms with van der Waals surface area (Å²) in [5, 5.41) is 28.0. The molecule has 4 atom stereocenters. The number of hydrogen-bond donors (Lipinski definition) is 5. The van der Waals surface area contributed by atoms with Crippen LogP contribution < -0.4 is 11.1 Å². The molecule has 0 radical (unpaired) electrons. The molecule has 0 aromatic heterocycles. The molecular formula is C19H31F3N4O8. The van der Waals surface area contributed by atoms with Gasteiger partial charge in [0.05, 0.1) is 6.10 Å². The molecule has 4 unspecified atom stereocenters. The molecule has 1 saturated heterocycles. The van der Waals surface area contributed by atoms with Crippen molar-refractivity contribution < 1.29 is 52.5 Å². The maximum absolute atomic E-state index is 13.0. The second-order valence-corrected chi connectivity index (χ2v) is 8.08. The van der Waals surface area contributed by atoms with Crippen molar-refractivity contribution >= 4 is 29.7 Å². The molecule has 6 N–H and O–H groups in total. The van der Waals surface area contributed by atoms with Crippen LogP contribution in [0.15, 0.2) is 0 Å². The van der Waals surface area contributed by atoms with Gasteiger partial charge in [0, 0.05) is 13.6 Å². The Hall–Kier alpha value is -2.94. The number of carbonyl (C=O) groups is 5. The van der Waals surface area contributed by atoms with Gasteiger partial charge in [-0.3, -0.25) is 19.2 Å². The summed E-state index contributed by atoms with van der Waals surface area (Å²) in [6.07, 6.45) is -5.12. The summed E-state index contributed by atoms with van der Waals surface area (Å²) in [6, 6.07) is -2.83. The number of aliphatic hydroxyl groups excluding tert-OH is 1. The van der Waals surface area contributed by atoms with Crippen molar-refractivity contribution in [1.82, 2.24) is 15.1 Å². The summed E-state index contributed by atoms with van der Waals surface area (Å²) in [4.78, 5) is 59.9. The third-order valence-electron chi connectivity index (χ3n) is 4.87. The van der Waals surface area contributed by atoms with Gasteiger partial charge in [-0.05, 0) is 25.7 Å². The van der Waals surface area contributed by atoms with E-state index in [1.807, 2.05) is 0 Å². The highest BCUT2D eigenvalue weighted by Crippen LogP contribution is 2.22. The lowest BCUT2D eigenvalue weighted by molar-refractivity contribution is -0.192. The van der Waals surface area contributed by atoms with Gasteiger partial charge in [-0.15, -0.1) is 0 Å². The van der Waals surface area contributed by atoms with Crippen LogP contribution in [0.5, 0.6) is 0 Å². The Kier molecular flexibility index (Phi) is 11.9. The number of aliphatic carboxylic acids is 2. The van der Waals surface area contributed by atoms with Crippen molar-refractivity contribution in [2.45, 2.75) is 64.0 Å². The summed E-state index contributed by atoms with van der Waals surface area (Å²) >= 11 is 0. The van der Waals surface area contributed by atoms with Gasteiger partial charge < -0.3 is 36.2 Å². The maximum Gasteiger partial charge on any atom is 0.490 e. The van der Waals surface area contributed by atoms with E-state index in [-0.39, 0.29) is 5.92 Å². The molecule has 0 bridgehead atoms. The van der Waals surface area contributed by atoms with Gasteiger partial charge in [-0.1, -0.05) is 13.8 Å². The molecule has 0 aromatic carbocycles. The van der Waals surface area contributed by atoms with Crippen LogP contribution in [0, 0.1) is 5.92 Å². The molecular weight excluding hydrogens is 469 g/mol. The molecule has 1 aliphatic rings. The number of amides is 3. The van der Waals surface area contributed by atoms with E-state index in [1.165, 1.54) is 18.9 Å². The summed E-state index contributed by atoms with van der Waals surface area (Å²) in [5.74, 6) is -5.68. The SMILES string of the molecule is CC(C)C(NC(=O)C(N)C(C)O)C(=O)N1CCCC1C(=O)N(C)CC(=O)O.O=C(O)C(F)(F)F. The number of nitrogens with two attached hydrogens (primary N) is 1. The minimum absolute atomic E-state index is 0.268. The van der Waals surface area contributed by atoms with Crippen LogP contribution in [0.4, 0.5) is 13.2 Å². The zero-order valence-corrected chi connectivity index (χ0v) is 19.2. The first-order valence-corrected chi connectivity index (χ1v) is 10.2. The van der Waals surface area contributed by atoms with Gasteiger partial charge in [0.15, 0.2) is 0 Å². The molecule has 1 aliphatic heterocycles. The number of likely N-dealkylation sites (N-methyl/N-ethyl adjacent to an activating group) is 1. The fourth-order valence-corrected chi connectivity index (χ4v) is 2.98. The molecule has 34 heavy (non-hydrogen) atoms. The number of nitrogens with one attached hydrogen (secondary N) is 1. The minimum atomic E-state index is -5.08. The van der Waals surface area contributed by atoms with Gasteiger partial charge in [0.2, 0.25) is 17.7 Å². The third-order valence-corrected chi connectivity index (χ3v) is 4.87. The molecule has 0 aromatic rings. The zero-order valence-electron chi connectivity index (χ0n) is 19.2. The van der Waals surface area contributed by atoms with Crippen LogP contribution in [-0.4, -0.2) is 105 Å².